The molecule has 1 atom stereocenters. The second-order valence-corrected chi connectivity index (χ2v) is 5.31. The van der Waals surface area contributed by atoms with Crippen molar-refractivity contribution in [2.75, 3.05) is 9.33 Å². The Hall–Kier alpha value is -0.620. The summed E-state index contributed by atoms with van der Waals surface area (Å²) in [5, 5.41) is 0.663. The van der Waals surface area contributed by atoms with Crippen molar-refractivity contribution in [2.24, 2.45) is 0 Å². The number of benzene rings is 1. The number of halogens is 2. The number of alkyl halides is 1. The molecule has 0 saturated carbocycles. The smallest absolute Gasteiger partial charge is 0.249 e. The maximum absolute atomic E-state index is 11.7. The van der Waals surface area contributed by atoms with Crippen LogP contribution in [-0.4, -0.2) is 22.7 Å². The van der Waals surface area contributed by atoms with E-state index in [2.05, 4.69) is 33.9 Å². The Labute approximate surface area is 119 Å². The SMILES string of the molecule is O=C1[NH+]=[C-]N(c2cccc(Cl)c2)C1CCCI. The van der Waals surface area contributed by atoms with E-state index < -0.39 is 0 Å². The van der Waals surface area contributed by atoms with Crippen molar-refractivity contribution < 1.29 is 9.79 Å². The number of carbonyl (C=O) groups excluding carboxylic acids is 1. The number of hydrogen-bond donors (Lipinski definition) is 1. The molecule has 1 aromatic carbocycles. The molecular formula is C12H12ClIN2O. The van der Waals surface area contributed by atoms with Crippen molar-refractivity contribution >= 4 is 52.1 Å². The topological polar surface area (TPSA) is 34.3 Å². The summed E-state index contributed by atoms with van der Waals surface area (Å²) in [5.41, 5.74) is 0.898. The van der Waals surface area contributed by atoms with Crippen LogP contribution >= 0.6 is 34.2 Å². The molecule has 1 unspecified atom stereocenters. The predicted molar refractivity (Wildman–Crippen MR) is 76.8 cm³/mol. The van der Waals surface area contributed by atoms with E-state index in [9.17, 15) is 4.79 Å². The van der Waals surface area contributed by atoms with Gasteiger partial charge in [0.2, 0.25) is 12.2 Å². The molecule has 90 valence electrons. The Balaban J connectivity index is 2.19. The van der Waals surface area contributed by atoms with Crippen LogP contribution in [0, 0.1) is 0 Å². The van der Waals surface area contributed by atoms with Gasteiger partial charge in [0.15, 0.2) is 0 Å². The van der Waals surface area contributed by atoms with Crippen LogP contribution in [0.5, 0.6) is 0 Å². The van der Waals surface area contributed by atoms with Gasteiger partial charge in [-0.05, 0) is 23.3 Å². The van der Waals surface area contributed by atoms with Gasteiger partial charge in [-0.3, -0.25) is 0 Å². The molecule has 0 saturated heterocycles. The van der Waals surface area contributed by atoms with Crippen molar-refractivity contribution in [1.82, 2.24) is 0 Å². The van der Waals surface area contributed by atoms with Gasteiger partial charge >= 0.3 is 0 Å². The second kappa shape index (κ2) is 5.82. The Morgan fingerprint density at radius 2 is 2.35 bits per heavy atom. The third-order valence-electron chi connectivity index (χ3n) is 2.61. The average Bonchev–Trinajstić information content (AvgIpc) is 2.68. The Morgan fingerprint density at radius 3 is 3.06 bits per heavy atom. The molecular weight excluding hydrogens is 351 g/mol. The predicted octanol–water partition coefficient (Wildman–Crippen LogP) is 1.26. The Morgan fingerprint density at radius 1 is 1.53 bits per heavy atom. The van der Waals surface area contributed by atoms with Gasteiger partial charge in [-0.2, -0.15) is 0 Å². The monoisotopic (exact) mass is 362 g/mol. The zero-order chi connectivity index (χ0) is 12.3. The molecule has 5 heteroatoms. The average molecular weight is 363 g/mol. The molecule has 0 radical (unpaired) electrons. The zero-order valence-electron chi connectivity index (χ0n) is 9.12. The highest BCUT2D eigenvalue weighted by molar-refractivity contribution is 14.1. The molecule has 0 fully saturated rings. The number of carbonyl (C=O) groups is 1. The van der Waals surface area contributed by atoms with E-state index in [-0.39, 0.29) is 11.9 Å². The minimum atomic E-state index is -0.164. The first-order valence-corrected chi connectivity index (χ1v) is 7.29. The fourth-order valence-corrected chi connectivity index (χ4v) is 2.42. The van der Waals surface area contributed by atoms with Gasteiger partial charge in [-0.25, -0.2) is 0 Å². The minimum absolute atomic E-state index is 0.00910. The highest BCUT2D eigenvalue weighted by Gasteiger charge is 2.29. The third-order valence-corrected chi connectivity index (χ3v) is 3.61. The van der Waals surface area contributed by atoms with Crippen LogP contribution in [0.4, 0.5) is 5.69 Å². The van der Waals surface area contributed by atoms with Crippen molar-refractivity contribution in [1.29, 1.82) is 0 Å². The molecule has 17 heavy (non-hydrogen) atoms. The summed E-state index contributed by atoms with van der Waals surface area (Å²) < 4.78 is 1.05. The molecule has 1 aliphatic heterocycles. The van der Waals surface area contributed by atoms with E-state index >= 15 is 0 Å². The number of anilines is 1. The fraction of sp³-hybridized carbons (Fsp3) is 0.333. The van der Waals surface area contributed by atoms with Gasteiger partial charge in [-0.1, -0.05) is 52.4 Å². The van der Waals surface area contributed by atoms with Gasteiger partial charge in [0.1, 0.15) is 6.04 Å². The Kier molecular flexibility index (Phi) is 4.39. The van der Waals surface area contributed by atoms with Crippen LogP contribution < -0.4 is 9.89 Å². The summed E-state index contributed by atoms with van der Waals surface area (Å²) in [7, 11) is 0. The highest BCUT2D eigenvalue weighted by atomic mass is 127. The van der Waals surface area contributed by atoms with Crippen molar-refractivity contribution in [3.05, 3.63) is 29.3 Å². The molecule has 0 spiro atoms. The van der Waals surface area contributed by atoms with E-state index in [1.165, 1.54) is 0 Å². The summed E-state index contributed by atoms with van der Waals surface area (Å²) in [6, 6.07) is 7.29. The number of nitrogens with one attached hydrogen (secondary N) is 1. The van der Waals surface area contributed by atoms with E-state index in [0.29, 0.717) is 5.02 Å². The standard InChI is InChI=1S/C12H12ClIN2O/c13-9-3-1-4-10(7-9)16-8-15-12(17)11(16)5-2-6-14/h1,3-4,7,11,15H,2,5-6H2. The molecule has 0 aliphatic carbocycles. The maximum Gasteiger partial charge on any atom is 0.249 e. The summed E-state index contributed by atoms with van der Waals surface area (Å²) >= 11 is 8.27. The fourth-order valence-electron chi connectivity index (χ4n) is 1.79. The number of rotatable bonds is 4. The minimum Gasteiger partial charge on any atom is -0.334 e. The van der Waals surface area contributed by atoms with Crippen LogP contribution in [0.3, 0.4) is 0 Å². The van der Waals surface area contributed by atoms with Gasteiger partial charge in [0.25, 0.3) is 0 Å². The van der Waals surface area contributed by atoms with E-state index in [4.69, 9.17) is 11.6 Å². The summed E-state index contributed by atoms with van der Waals surface area (Å²) in [4.78, 5) is 16.2. The first-order valence-electron chi connectivity index (χ1n) is 5.38. The first-order chi connectivity index (χ1) is 8.22. The van der Waals surface area contributed by atoms with Gasteiger partial charge < -0.3 is 14.7 Å². The number of amides is 1. The van der Waals surface area contributed by atoms with Gasteiger partial charge in [0.05, 0.1) is 0 Å². The lowest BCUT2D eigenvalue weighted by Gasteiger charge is -2.22. The molecule has 1 amide bonds. The molecule has 1 aromatic rings. The van der Waals surface area contributed by atoms with Crippen LogP contribution in [0.25, 0.3) is 0 Å². The third kappa shape index (κ3) is 2.98. The lowest BCUT2D eigenvalue weighted by molar-refractivity contribution is -0.367. The molecule has 3 nitrogen and oxygen atoms in total. The van der Waals surface area contributed by atoms with Crippen LogP contribution in [-0.2, 0) is 4.79 Å². The zero-order valence-corrected chi connectivity index (χ0v) is 12.0. The first kappa shape index (κ1) is 12.8. The Bertz CT molecular complexity index is 450. The largest absolute Gasteiger partial charge is 0.334 e. The lowest BCUT2D eigenvalue weighted by atomic mass is 10.1. The molecule has 0 bridgehead atoms. The highest BCUT2D eigenvalue weighted by Crippen LogP contribution is 2.22. The van der Waals surface area contributed by atoms with E-state index in [1.54, 1.807) is 0 Å². The quantitative estimate of drug-likeness (QED) is 0.497. The van der Waals surface area contributed by atoms with Crippen LogP contribution in [0.1, 0.15) is 12.8 Å². The van der Waals surface area contributed by atoms with E-state index in [1.807, 2.05) is 29.2 Å². The molecule has 0 aromatic heterocycles. The summed E-state index contributed by atoms with van der Waals surface area (Å²) in [6.07, 6.45) is 4.72. The van der Waals surface area contributed by atoms with Crippen LogP contribution in [0.15, 0.2) is 24.3 Å². The molecule has 1 aliphatic rings. The lowest BCUT2D eigenvalue weighted by Crippen LogP contribution is -2.72. The number of nitrogens with zero attached hydrogens (tertiary/aromatic N) is 1. The second-order valence-electron chi connectivity index (χ2n) is 3.80. The number of hydrogen-bond acceptors (Lipinski definition) is 2. The summed E-state index contributed by atoms with van der Waals surface area (Å²) in [6.45, 7) is 0. The van der Waals surface area contributed by atoms with Gasteiger partial charge in [0, 0.05) is 10.7 Å². The maximum atomic E-state index is 11.7. The van der Waals surface area contributed by atoms with Crippen molar-refractivity contribution in [3.63, 3.8) is 0 Å². The van der Waals surface area contributed by atoms with E-state index in [0.717, 1.165) is 23.0 Å². The molecule has 1 N–H and O–H groups in total. The van der Waals surface area contributed by atoms with Gasteiger partial charge in [-0.15, -0.1) is 0 Å². The van der Waals surface area contributed by atoms with Crippen molar-refractivity contribution in [3.8, 4) is 0 Å². The molecule has 1 heterocycles. The summed E-state index contributed by atoms with van der Waals surface area (Å²) in [5.74, 6) is 0.00910. The molecule has 2 rings (SSSR count). The van der Waals surface area contributed by atoms with Crippen molar-refractivity contribution in [2.45, 2.75) is 18.9 Å². The normalized spacial score (nSPS) is 19.1. The van der Waals surface area contributed by atoms with Crippen LogP contribution in [0.2, 0.25) is 5.02 Å².